The number of carbonyl (C=O) groups is 2. The average Bonchev–Trinajstić information content (AvgIpc) is 2.73. The van der Waals surface area contributed by atoms with Gasteiger partial charge in [-0.15, -0.1) is 0 Å². The van der Waals surface area contributed by atoms with E-state index in [1.54, 1.807) is 48.2 Å². The minimum Gasteiger partial charge on any atom is -0.484 e. The molecule has 0 unspecified atom stereocenters. The molecule has 1 aliphatic heterocycles. The number of nitrogens with zero attached hydrogens (tertiary/aromatic N) is 3. The van der Waals surface area contributed by atoms with Crippen molar-refractivity contribution in [1.82, 2.24) is 9.88 Å². The van der Waals surface area contributed by atoms with E-state index in [0.29, 0.717) is 49.1 Å². The van der Waals surface area contributed by atoms with Gasteiger partial charge in [0.25, 0.3) is 5.91 Å². The van der Waals surface area contributed by atoms with Gasteiger partial charge in [-0.2, -0.15) is 0 Å². The number of halogens is 1. The molecule has 1 fully saturated rings. The quantitative estimate of drug-likeness (QED) is 0.690. The Balaban J connectivity index is 1.47. The minimum absolute atomic E-state index is 0.00583. The van der Waals surface area contributed by atoms with Gasteiger partial charge in [-0.3, -0.25) is 4.79 Å². The van der Waals surface area contributed by atoms with Crippen LogP contribution >= 0.6 is 11.6 Å². The predicted molar refractivity (Wildman–Crippen MR) is 106 cm³/mol. The number of piperazine rings is 1. The largest absolute Gasteiger partial charge is 0.484 e. The molecule has 148 valence electrons. The molecule has 0 spiro atoms. The second-order valence-electron chi connectivity index (χ2n) is 6.24. The molecule has 0 radical (unpaired) electrons. The maximum absolute atomic E-state index is 12.4. The van der Waals surface area contributed by atoms with Crippen LogP contribution in [-0.4, -0.2) is 61.2 Å². The number of esters is 1. The summed E-state index contributed by atoms with van der Waals surface area (Å²) in [6, 6.07) is 10.4. The average molecular weight is 404 g/mol. The highest BCUT2D eigenvalue weighted by Gasteiger charge is 2.22. The molecule has 1 aromatic heterocycles. The standard InChI is InChI=1S/C20H22ClN3O4/c1-2-27-20(26)15-3-8-18(22-13-15)23-9-11-24(12-10-23)19(25)14-28-17-6-4-16(21)5-7-17/h3-8,13H,2,9-12,14H2,1H3. The number of amides is 1. The molecule has 7 nitrogen and oxygen atoms in total. The van der Waals surface area contributed by atoms with E-state index in [-0.39, 0.29) is 18.5 Å². The number of hydrogen-bond acceptors (Lipinski definition) is 6. The van der Waals surface area contributed by atoms with Crippen molar-refractivity contribution in [2.24, 2.45) is 0 Å². The number of rotatable bonds is 6. The van der Waals surface area contributed by atoms with E-state index < -0.39 is 0 Å². The summed E-state index contributed by atoms with van der Waals surface area (Å²) in [4.78, 5) is 32.2. The molecule has 28 heavy (non-hydrogen) atoms. The van der Waals surface area contributed by atoms with E-state index in [1.807, 2.05) is 0 Å². The number of carbonyl (C=O) groups excluding carboxylic acids is 2. The Kier molecular flexibility index (Phi) is 6.71. The summed E-state index contributed by atoms with van der Waals surface area (Å²) >= 11 is 5.84. The van der Waals surface area contributed by atoms with Gasteiger partial charge in [-0.25, -0.2) is 9.78 Å². The summed E-state index contributed by atoms with van der Waals surface area (Å²) in [5.74, 6) is 0.956. The van der Waals surface area contributed by atoms with Crippen LogP contribution in [-0.2, 0) is 9.53 Å². The highest BCUT2D eigenvalue weighted by molar-refractivity contribution is 6.30. The first-order valence-corrected chi connectivity index (χ1v) is 9.49. The third kappa shape index (κ3) is 5.13. The molecule has 0 atom stereocenters. The monoisotopic (exact) mass is 403 g/mol. The zero-order valence-electron chi connectivity index (χ0n) is 15.6. The van der Waals surface area contributed by atoms with Crippen molar-refractivity contribution in [3.05, 3.63) is 53.2 Å². The van der Waals surface area contributed by atoms with Gasteiger partial charge in [0.1, 0.15) is 11.6 Å². The van der Waals surface area contributed by atoms with Gasteiger partial charge >= 0.3 is 5.97 Å². The highest BCUT2D eigenvalue weighted by Crippen LogP contribution is 2.17. The Bertz CT molecular complexity index is 803. The molecule has 2 aromatic rings. The summed E-state index contributed by atoms with van der Waals surface area (Å²) in [6.07, 6.45) is 1.52. The van der Waals surface area contributed by atoms with Crippen molar-refractivity contribution >= 4 is 29.3 Å². The maximum Gasteiger partial charge on any atom is 0.339 e. The molecule has 0 aliphatic carbocycles. The molecule has 0 bridgehead atoms. The number of aromatic nitrogens is 1. The molecule has 3 rings (SSSR count). The topological polar surface area (TPSA) is 72.0 Å². The summed E-state index contributed by atoms with van der Waals surface area (Å²) < 4.78 is 10.5. The zero-order valence-corrected chi connectivity index (χ0v) is 16.4. The van der Waals surface area contributed by atoms with Crippen molar-refractivity contribution in [2.75, 3.05) is 44.3 Å². The normalized spacial score (nSPS) is 13.9. The Morgan fingerprint density at radius 3 is 2.39 bits per heavy atom. The lowest BCUT2D eigenvalue weighted by Crippen LogP contribution is -2.50. The van der Waals surface area contributed by atoms with Gasteiger partial charge < -0.3 is 19.3 Å². The van der Waals surface area contributed by atoms with Crippen LogP contribution in [0, 0.1) is 0 Å². The van der Waals surface area contributed by atoms with Crippen LogP contribution in [0.3, 0.4) is 0 Å². The van der Waals surface area contributed by atoms with Crippen LogP contribution in [0.15, 0.2) is 42.6 Å². The van der Waals surface area contributed by atoms with Crippen molar-refractivity contribution in [3.8, 4) is 5.75 Å². The molecular formula is C20H22ClN3O4. The Morgan fingerprint density at radius 2 is 1.79 bits per heavy atom. The number of ether oxygens (including phenoxy) is 2. The summed E-state index contributed by atoms with van der Waals surface area (Å²) in [5.41, 5.74) is 0.429. The van der Waals surface area contributed by atoms with Crippen LogP contribution in [0.5, 0.6) is 5.75 Å². The van der Waals surface area contributed by atoms with Crippen LogP contribution in [0.25, 0.3) is 0 Å². The first-order chi connectivity index (χ1) is 13.6. The second kappa shape index (κ2) is 9.41. The number of pyridine rings is 1. The highest BCUT2D eigenvalue weighted by atomic mass is 35.5. The van der Waals surface area contributed by atoms with Crippen molar-refractivity contribution in [1.29, 1.82) is 0 Å². The number of benzene rings is 1. The van der Waals surface area contributed by atoms with Crippen LogP contribution in [0.4, 0.5) is 5.82 Å². The fourth-order valence-electron chi connectivity index (χ4n) is 2.86. The van der Waals surface area contributed by atoms with Crippen LogP contribution in [0.1, 0.15) is 17.3 Å². The van der Waals surface area contributed by atoms with Gasteiger partial charge in [-0.1, -0.05) is 11.6 Å². The number of anilines is 1. The Hall–Kier alpha value is -2.80. The van der Waals surface area contributed by atoms with Gasteiger partial charge in [0.05, 0.1) is 12.2 Å². The van der Waals surface area contributed by atoms with E-state index in [4.69, 9.17) is 21.1 Å². The Labute approximate surface area is 168 Å². The van der Waals surface area contributed by atoms with Crippen LogP contribution < -0.4 is 9.64 Å². The van der Waals surface area contributed by atoms with Gasteiger partial charge in [0.15, 0.2) is 6.61 Å². The van der Waals surface area contributed by atoms with Gasteiger partial charge in [-0.05, 0) is 43.3 Å². The molecule has 0 saturated carbocycles. The SMILES string of the molecule is CCOC(=O)c1ccc(N2CCN(C(=O)COc3ccc(Cl)cc3)CC2)nc1. The van der Waals surface area contributed by atoms with Gasteiger partial charge in [0, 0.05) is 37.4 Å². The summed E-state index contributed by atoms with van der Waals surface area (Å²) in [6.45, 7) is 4.60. The molecule has 2 heterocycles. The van der Waals surface area contributed by atoms with Crippen LogP contribution in [0.2, 0.25) is 5.02 Å². The predicted octanol–water partition coefficient (Wildman–Crippen LogP) is 2.64. The van der Waals surface area contributed by atoms with E-state index in [0.717, 1.165) is 5.82 Å². The van der Waals surface area contributed by atoms with Crippen molar-refractivity contribution < 1.29 is 19.1 Å². The second-order valence-corrected chi connectivity index (χ2v) is 6.67. The fraction of sp³-hybridized carbons (Fsp3) is 0.350. The minimum atomic E-state index is -0.377. The van der Waals surface area contributed by atoms with E-state index >= 15 is 0 Å². The molecule has 1 saturated heterocycles. The molecule has 8 heteroatoms. The van der Waals surface area contributed by atoms with E-state index in [2.05, 4.69) is 9.88 Å². The molecule has 1 aromatic carbocycles. The fourth-order valence-corrected chi connectivity index (χ4v) is 2.99. The van der Waals surface area contributed by atoms with E-state index in [9.17, 15) is 9.59 Å². The molecule has 0 N–H and O–H groups in total. The molecular weight excluding hydrogens is 382 g/mol. The lowest BCUT2D eigenvalue weighted by molar-refractivity contribution is -0.133. The third-order valence-electron chi connectivity index (χ3n) is 4.39. The summed E-state index contributed by atoms with van der Waals surface area (Å²) in [5, 5.41) is 0.624. The first-order valence-electron chi connectivity index (χ1n) is 9.11. The molecule has 1 amide bonds. The Morgan fingerprint density at radius 1 is 1.07 bits per heavy atom. The van der Waals surface area contributed by atoms with Crippen molar-refractivity contribution in [2.45, 2.75) is 6.92 Å². The van der Waals surface area contributed by atoms with E-state index in [1.165, 1.54) is 6.20 Å². The van der Waals surface area contributed by atoms with Gasteiger partial charge in [0.2, 0.25) is 0 Å². The lowest BCUT2D eigenvalue weighted by atomic mass is 10.2. The smallest absolute Gasteiger partial charge is 0.339 e. The maximum atomic E-state index is 12.4. The third-order valence-corrected chi connectivity index (χ3v) is 4.64. The molecule has 1 aliphatic rings. The first kappa shape index (κ1) is 19.9. The summed E-state index contributed by atoms with van der Waals surface area (Å²) in [7, 11) is 0. The van der Waals surface area contributed by atoms with Crippen molar-refractivity contribution in [3.63, 3.8) is 0 Å². The zero-order chi connectivity index (χ0) is 19.9. The lowest BCUT2D eigenvalue weighted by Gasteiger charge is -2.35. The number of hydrogen-bond donors (Lipinski definition) is 0.